The lowest BCUT2D eigenvalue weighted by atomic mass is 9.98. The molecule has 0 bridgehead atoms. The maximum absolute atomic E-state index is 13.3. The Morgan fingerprint density at radius 1 is 0.971 bits per heavy atom. The summed E-state index contributed by atoms with van der Waals surface area (Å²) in [5.41, 5.74) is 5.51. The van der Waals surface area contributed by atoms with Crippen molar-refractivity contribution in [1.82, 2.24) is 10.2 Å². The van der Waals surface area contributed by atoms with Gasteiger partial charge in [-0.1, -0.05) is 78.9 Å². The molecular formula is C29H27N3O3. The van der Waals surface area contributed by atoms with E-state index < -0.39 is 18.2 Å². The third-order valence-electron chi connectivity index (χ3n) is 6.90. The maximum Gasteiger partial charge on any atom is 0.407 e. The Bertz CT molecular complexity index is 1220. The first-order chi connectivity index (χ1) is 17.2. The minimum Gasteiger partial charge on any atom is -0.449 e. The number of carbonyl (C=O) groups is 2. The van der Waals surface area contributed by atoms with Gasteiger partial charge in [0.1, 0.15) is 18.7 Å². The Hall–Kier alpha value is -4.11. The average Bonchev–Trinajstić information content (AvgIpc) is 3.50. The summed E-state index contributed by atoms with van der Waals surface area (Å²) >= 11 is 0. The quantitative estimate of drug-likeness (QED) is 0.574. The standard InChI is InChI=1S/C29H27N3O3/c30-18-21-11-8-16-32(21)28(33)27(17-20-9-2-1-3-10-20)31-29(34)35-19-26-24-14-6-4-12-22(24)23-13-5-7-15-25(23)26/h1-7,9-10,12-15,21,26-27H,8,11,16-17,19H2,(H,31,34)/t21-,27-/m0/s1. The van der Waals surface area contributed by atoms with Gasteiger partial charge in [-0.25, -0.2) is 4.79 Å². The van der Waals surface area contributed by atoms with Crippen molar-refractivity contribution in [3.63, 3.8) is 0 Å². The largest absolute Gasteiger partial charge is 0.449 e. The van der Waals surface area contributed by atoms with Gasteiger partial charge in [0.2, 0.25) is 5.91 Å². The smallest absolute Gasteiger partial charge is 0.407 e. The summed E-state index contributed by atoms with van der Waals surface area (Å²) in [5, 5.41) is 12.2. The number of nitrogens with one attached hydrogen (secondary N) is 1. The average molecular weight is 466 g/mol. The van der Waals surface area contributed by atoms with E-state index in [2.05, 4.69) is 35.7 Å². The van der Waals surface area contributed by atoms with Crippen LogP contribution in [0.25, 0.3) is 11.1 Å². The van der Waals surface area contributed by atoms with Crippen molar-refractivity contribution in [3.8, 4) is 17.2 Å². The third kappa shape index (κ3) is 4.63. The molecule has 5 rings (SSSR count). The van der Waals surface area contributed by atoms with Gasteiger partial charge in [0.05, 0.1) is 6.07 Å². The van der Waals surface area contributed by atoms with Crippen LogP contribution in [-0.2, 0) is 16.0 Å². The van der Waals surface area contributed by atoms with E-state index in [1.807, 2.05) is 54.6 Å². The van der Waals surface area contributed by atoms with Gasteiger partial charge in [-0.05, 0) is 40.7 Å². The number of amides is 2. The molecule has 1 aliphatic carbocycles. The molecule has 0 saturated carbocycles. The van der Waals surface area contributed by atoms with Crippen molar-refractivity contribution in [3.05, 3.63) is 95.6 Å². The molecule has 3 aromatic rings. The van der Waals surface area contributed by atoms with Gasteiger partial charge in [-0.15, -0.1) is 0 Å². The highest BCUT2D eigenvalue weighted by Crippen LogP contribution is 2.44. The van der Waals surface area contributed by atoms with E-state index >= 15 is 0 Å². The molecule has 0 radical (unpaired) electrons. The molecule has 6 nitrogen and oxygen atoms in total. The Balaban J connectivity index is 1.30. The van der Waals surface area contributed by atoms with E-state index in [-0.39, 0.29) is 18.4 Å². The number of fused-ring (bicyclic) bond motifs is 3. The van der Waals surface area contributed by atoms with E-state index in [0.717, 1.165) is 34.2 Å². The normalized spacial score (nSPS) is 17.2. The van der Waals surface area contributed by atoms with Crippen molar-refractivity contribution in [2.24, 2.45) is 0 Å². The van der Waals surface area contributed by atoms with Crippen LogP contribution in [0.1, 0.15) is 35.4 Å². The molecule has 3 aromatic carbocycles. The number of ether oxygens (including phenoxy) is 1. The van der Waals surface area contributed by atoms with Gasteiger partial charge >= 0.3 is 6.09 Å². The summed E-state index contributed by atoms with van der Waals surface area (Å²) in [6.07, 6.45) is 1.14. The fourth-order valence-electron chi connectivity index (χ4n) is 5.20. The summed E-state index contributed by atoms with van der Waals surface area (Å²) in [7, 11) is 0. The monoisotopic (exact) mass is 465 g/mol. The summed E-state index contributed by atoms with van der Waals surface area (Å²) < 4.78 is 5.69. The summed E-state index contributed by atoms with van der Waals surface area (Å²) in [4.78, 5) is 27.9. The molecule has 0 unspecified atom stereocenters. The van der Waals surface area contributed by atoms with E-state index in [1.54, 1.807) is 4.90 Å². The van der Waals surface area contributed by atoms with Crippen molar-refractivity contribution in [2.45, 2.75) is 37.3 Å². The minimum absolute atomic E-state index is 0.0574. The molecule has 2 amide bonds. The predicted octanol–water partition coefficient (Wildman–Crippen LogP) is 4.65. The highest BCUT2D eigenvalue weighted by Gasteiger charge is 2.35. The van der Waals surface area contributed by atoms with Crippen LogP contribution in [0, 0.1) is 11.3 Å². The van der Waals surface area contributed by atoms with E-state index in [0.29, 0.717) is 19.4 Å². The van der Waals surface area contributed by atoms with Crippen LogP contribution in [0.15, 0.2) is 78.9 Å². The second-order valence-electron chi connectivity index (χ2n) is 9.03. The fraction of sp³-hybridized carbons (Fsp3) is 0.276. The number of hydrogen-bond acceptors (Lipinski definition) is 4. The molecule has 35 heavy (non-hydrogen) atoms. The molecular weight excluding hydrogens is 438 g/mol. The second-order valence-corrected chi connectivity index (χ2v) is 9.03. The second kappa shape index (κ2) is 10.0. The van der Waals surface area contributed by atoms with Crippen LogP contribution in [-0.4, -0.2) is 42.1 Å². The predicted molar refractivity (Wildman–Crippen MR) is 132 cm³/mol. The SMILES string of the molecule is N#C[C@@H]1CCCN1C(=O)[C@H](Cc1ccccc1)NC(=O)OCC1c2ccccc2-c2ccccc21. The number of benzene rings is 3. The number of nitriles is 1. The van der Waals surface area contributed by atoms with Gasteiger partial charge in [0.25, 0.3) is 0 Å². The van der Waals surface area contributed by atoms with Gasteiger partial charge in [-0.2, -0.15) is 5.26 Å². The zero-order valence-electron chi connectivity index (χ0n) is 19.4. The van der Waals surface area contributed by atoms with Crippen LogP contribution in [0.3, 0.4) is 0 Å². The lowest BCUT2D eigenvalue weighted by Crippen LogP contribution is -2.51. The first-order valence-electron chi connectivity index (χ1n) is 12.0. The molecule has 1 aliphatic heterocycles. The molecule has 1 heterocycles. The Morgan fingerprint density at radius 2 is 1.60 bits per heavy atom. The minimum atomic E-state index is -0.804. The number of rotatable bonds is 6. The molecule has 2 atom stereocenters. The highest BCUT2D eigenvalue weighted by molar-refractivity contribution is 5.87. The van der Waals surface area contributed by atoms with Crippen LogP contribution >= 0.6 is 0 Å². The van der Waals surface area contributed by atoms with E-state index in [4.69, 9.17) is 4.74 Å². The Kier molecular flexibility index (Phi) is 6.49. The number of hydrogen-bond donors (Lipinski definition) is 1. The maximum atomic E-state index is 13.3. The first-order valence-corrected chi connectivity index (χ1v) is 12.0. The molecule has 1 fully saturated rings. The first kappa shape index (κ1) is 22.7. The lowest BCUT2D eigenvalue weighted by Gasteiger charge is -2.26. The Morgan fingerprint density at radius 3 is 2.26 bits per heavy atom. The zero-order chi connectivity index (χ0) is 24.2. The molecule has 0 aromatic heterocycles. The van der Waals surface area contributed by atoms with Gasteiger partial charge in [-0.3, -0.25) is 4.79 Å². The van der Waals surface area contributed by atoms with Crippen molar-refractivity contribution in [1.29, 1.82) is 5.26 Å². The van der Waals surface area contributed by atoms with Crippen LogP contribution < -0.4 is 5.32 Å². The van der Waals surface area contributed by atoms with Crippen LogP contribution in [0.2, 0.25) is 0 Å². The van der Waals surface area contributed by atoms with E-state index in [1.165, 1.54) is 0 Å². The van der Waals surface area contributed by atoms with Gasteiger partial charge in [0.15, 0.2) is 0 Å². The zero-order valence-corrected chi connectivity index (χ0v) is 19.4. The number of alkyl carbamates (subject to hydrolysis) is 1. The molecule has 0 spiro atoms. The highest BCUT2D eigenvalue weighted by atomic mass is 16.5. The van der Waals surface area contributed by atoms with Crippen molar-refractivity contribution >= 4 is 12.0 Å². The van der Waals surface area contributed by atoms with Crippen LogP contribution in [0.5, 0.6) is 0 Å². The number of carbonyl (C=O) groups excluding carboxylic acids is 2. The Labute approximate surface area is 205 Å². The fourth-order valence-corrected chi connectivity index (χ4v) is 5.20. The molecule has 1 saturated heterocycles. The molecule has 176 valence electrons. The van der Waals surface area contributed by atoms with Crippen molar-refractivity contribution in [2.75, 3.05) is 13.2 Å². The summed E-state index contributed by atoms with van der Waals surface area (Å²) in [6.45, 7) is 0.700. The molecule has 1 N–H and O–H groups in total. The lowest BCUT2D eigenvalue weighted by molar-refractivity contribution is -0.133. The van der Waals surface area contributed by atoms with Crippen molar-refractivity contribution < 1.29 is 14.3 Å². The number of nitrogens with zero attached hydrogens (tertiary/aromatic N) is 2. The van der Waals surface area contributed by atoms with E-state index in [9.17, 15) is 14.9 Å². The molecule has 2 aliphatic rings. The van der Waals surface area contributed by atoms with Gasteiger partial charge in [0, 0.05) is 18.9 Å². The van der Waals surface area contributed by atoms with Crippen LogP contribution in [0.4, 0.5) is 4.79 Å². The third-order valence-corrected chi connectivity index (χ3v) is 6.90. The topological polar surface area (TPSA) is 82.4 Å². The summed E-state index contributed by atoms with van der Waals surface area (Å²) in [5.74, 6) is -0.301. The molecule has 6 heteroatoms. The summed E-state index contributed by atoms with van der Waals surface area (Å²) in [6, 6.07) is 26.8. The number of likely N-dealkylation sites (tertiary alicyclic amines) is 1. The van der Waals surface area contributed by atoms with Gasteiger partial charge < -0.3 is 15.0 Å².